The van der Waals surface area contributed by atoms with Gasteiger partial charge in [0.1, 0.15) is 11.6 Å². The summed E-state index contributed by atoms with van der Waals surface area (Å²) >= 11 is 0. The number of aromatic amines is 1. The number of amides is 1. The van der Waals surface area contributed by atoms with Crippen molar-refractivity contribution in [1.29, 1.82) is 0 Å². The minimum Gasteiger partial charge on any atom is -0.367 e. The number of nitrogen functional groups attached to an aromatic ring is 1. The summed E-state index contributed by atoms with van der Waals surface area (Å²) in [4.78, 5) is 18.6. The van der Waals surface area contributed by atoms with E-state index in [2.05, 4.69) is 25.5 Å². The summed E-state index contributed by atoms with van der Waals surface area (Å²) in [5, 5.41) is 8.34. The number of nitrogens with two attached hydrogens (primary N) is 1. The number of nitrogens with one attached hydrogen (secondary N) is 2. The number of carbonyl (C=O) groups is 1. The Bertz CT molecular complexity index is 584. The molecule has 0 aliphatic rings. The van der Waals surface area contributed by atoms with Crippen LogP contribution in [0.4, 0.5) is 14.7 Å². The Labute approximate surface area is 99.4 Å². The second-order valence-corrected chi connectivity index (χ2v) is 3.31. The first kappa shape index (κ1) is 11.9. The summed E-state index contributed by atoms with van der Waals surface area (Å²) in [5.74, 6) is -2.34. The quantitative estimate of drug-likeness (QED) is 0.713. The normalized spacial score (nSPS) is 10.3. The molecule has 2 aromatic heterocycles. The highest BCUT2D eigenvalue weighted by Gasteiger charge is 2.14. The molecule has 0 saturated heterocycles. The number of aromatic nitrogens is 4. The van der Waals surface area contributed by atoms with Gasteiger partial charge >= 0.3 is 0 Å². The number of halogens is 2. The molecule has 7 nitrogen and oxygen atoms in total. The average Bonchev–Trinajstić information content (AvgIpc) is 2.72. The zero-order chi connectivity index (χ0) is 13.1. The lowest BCUT2D eigenvalue weighted by atomic mass is 10.3. The van der Waals surface area contributed by atoms with Crippen LogP contribution in [0.1, 0.15) is 16.3 Å². The summed E-state index contributed by atoms with van der Waals surface area (Å²) in [6.45, 7) is -0.0263. The molecule has 2 aromatic rings. The van der Waals surface area contributed by atoms with Gasteiger partial charge in [0, 0.05) is 6.07 Å². The van der Waals surface area contributed by atoms with Crippen LogP contribution in [0.5, 0.6) is 0 Å². The molecule has 2 rings (SSSR count). The molecule has 2 heterocycles. The van der Waals surface area contributed by atoms with Crippen molar-refractivity contribution >= 4 is 11.9 Å². The molecule has 0 saturated carbocycles. The second-order valence-electron chi connectivity index (χ2n) is 3.31. The van der Waals surface area contributed by atoms with Crippen LogP contribution in [-0.4, -0.2) is 26.1 Å². The Morgan fingerprint density at radius 3 is 2.89 bits per heavy atom. The lowest BCUT2D eigenvalue weighted by molar-refractivity contribution is 0.0940. The lowest BCUT2D eigenvalue weighted by Gasteiger charge is -2.03. The van der Waals surface area contributed by atoms with Crippen molar-refractivity contribution in [2.45, 2.75) is 6.54 Å². The van der Waals surface area contributed by atoms with Crippen molar-refractivity contribution < 1.29 is 13.6 Å². The van der Waals surface area contributed by atoms with Crippen LogP contribution < -0.4 is 11.1 Å². The van der Waals surface area contributed by atoms with Crippen molar-refractivity contribution in [2.24, 2.45) is 0 Å². The predicted molar refractivity (Wildman–Crippen MR) is 56.1 cm³/mol. The lowest BCUT2D eigenvalue weighted by Crippen LogP contribution is -2.25. The van der Waals surface area contributed by atoms with Crippen molar-refractivity contribution in [3.8, 4) is 0 Å². The smallest absolute Gasteiger partial charge is 0.273 e. The summed E-state index contributed by atoms with van der Waals surface area (Å²) in [7, 11) is 0. The van der Waals surface area contributed by atoms with Gasteiger partial charge in [0.2, 0.25) is 5.95 Å². The number of anilines is 1. The summed E-state index contributed by atoms with van der Waals surface area (Å²) in [6.07, 6.45) is 0.754. The van der Waals surface area contributed by atoms with Crippen LogP contribution in [0.3, 0.4) is 0 Å². The van der Waals surface area contributed by atoms with E-state index in [1.807, 2.05) is 0 Å². The highest BCUT2D eigenvalue weighted by Crippen LogP contribution is 2.05. The summed E-state index contributed by atoms with van der Waals surface area (Å²) in [5.41, 5.74) is 4.76. The Morgan fingerprint density at radius 1 is 1.50 bits per heavy atom. The molecule has 1 amide bonds. The molecule has 94 valence electrons. The molecule has 0 fully saturated rings. The fraction of sp³-hybridized carbons (Fsp3) is 0.111. The fourth-order valence-corrected chi connectivity index (χ4v) is 1.22. The van der Waals surface area contributed by atoms with E-state index < -0.39 is 23.2 Å². The third-order valence-electron chi connectivity index (χ3n) is 1.99. The van der Waals surface area contributed by atoms with Crippen molar-refractivity contribution in [1.82, 2.24) is 25.5 Å². The van der Waals surface area contributed by atoms with Crippen LogP contribution in [0.15, 0.2) is 12.3 Å². The zero-order valence-electron chi connectivity index (χ0n) is 8.94. The standard InChI is InChI=1S/C9H8F2N6O/c10-4-1-5(11)7(13-2-4)8(18)14-3-6-15-9(12)17-16-6/h1-2H,3H2,(H,14,18)(H3,12,15,16,17). The minimum absolute atomic E-state index is 0.0263. The van der Waals surface area contributed by atoms with E-state index in [1.54, 1.807) is 0 Å². The van der Waals surface area contributed by atoms with Crippen LogP contribution in [-0.2, 0) is 6.54 Å². The van der Waals surface area contributed by atoms with Crippen molar-refractivity contribution in [2.75, 3.05) is 5.73 Å². The van der Waals surface area contributed by atoms with Gasteiger partial charge in [-0.1, -0.05) is 0 Å². The molecular formula is C9H8F2N6O. The molecule has 0 aliphatic carbocycles. The van der Waals surface area contributed by atoms with E-state index in [0.717, 1.165) is 6.20 Å². The third-order valence-corrected chi connectivity index (χ3v) is 1.99. The number of nitrogens with zero attached hydrogens (tertiary/aromatic N) is 3. The maximum absolute atomic E-state index is 13.2. The molecule has 0 radical (unpaired) electrons. The largest absolute Gasteiger partial charge is 0.367 e. The molecule has 4 N–H and O–H groups in total. The molecule has 18 heavy (non-hydrogen) atoms. The number of pyridine rings is 1. The van der Waals surface area contributed by atoms with Crippen molar-refractivity contribution in [3.63, 3.8) is 0 Å². The number of H-pyrrole nitrogens is 1. The van der Waals surface area contributed by atoms with Gasteiger partial charge in [0.15, 0.2) is 11.5 Å². The van der Waals surface area contributed by atoms with Gasteiger partial charge in [0.05, 0.1) is 12.7 Å². The summed E-state index contributed by atoms with van der Waals surface area (Å²) < 4.78 is 25.8. The Hall–Kier alpha value is -2.58. The number of hydrogen-bond donors (Lipinski definition) is 3. The van der Waals surface area contributed by atoms with E-state index in [9.17, 15) is 13.6 Å². The van der Waals surface area contributed by atoms with E-state index in [-0.39, 0.29) is 12.5 Å². The fourth-order valence-electron chi connectivity index (χ4n) is 1.22. The highest BCUT2D eigenvalue weighted by atomic mass is 19.1. The monoisotopic (exact) mass is 254 g/mol. The maximum Gasteiger partial charge on any atom is 0.273 e. The Morgan fingerprint density at radius 2 is 2.28 bits per heavy atom. The van der Waals surface area contributed by atoms with E-state index >= 15 is 0 Å². The van der Waals surface area contributed by atoms with E-state index in [1.165, 1.54) is 0 Å². The molecule has 0 spiro atoms. The first-order valence-electron chi connectivity index (χ1n) is 4.82. The molecule has 9 heteroatoms. The van der Waals surface area contributed by atoms with Gasteiger partial charge in [-0.3, -0.25) is 9.89 Å². The second kappa shape index (κ2) is 4.73. The van der Waals surface area contributed by atoms with Gasteiger partial charge in [-0.2, -0.15) is 4.98 Å². The van der Waals surface area contributed by atoms with Gasteiger partial charge in [-0.05, 0) is 0 Å². The number of hydrogen-bond acceptors (Lipinski definition) is 5. The van der Waals surface area contributed by atoms with Crippen LogP contribution >= 0.6 is 0 Å². The zero-order valence-corrected chi connectivity index (χ0v) is 8.94. The van der Waals surface area contributed by atoms with Crippen molar-refractivity contribution in [3.05, 3.63) is 35.4 Å². The Balaban J connectivity index is 2.03. The van der Waals surface area contributed by atoms with Gasteiger partial charge in [-0.15, -0.1) is 5.10 Å². The predicted octanol–water partition coefficient (Wildman–Crippen LogP) is -0.00990. The average molecular weight is 254 g/mol. The third kappa shape index (κ3) is 2.56. The summed E-state index contributed by atoms with van der Waals surface area (Å²) in [6, 6.07) is 0.578. The van der Waals surface area contributed by atoms with Crippen LogP contribution in [0, 0.1) is 11.6 Å². The topological polar surface area (TPSA) is 110 Å². The molecule has 0 unspecified atom stereocenters. The highest BCUT2D eigenvalue weighted by molar-refractivity contribution is 5.92. The molecule has 0 atom stereocenters. The SMILES string of the molecule is Nc1n[nH]c(CNC(=O)c2ncc(F)cc2F)n1. The van der Waals surface area contributed by atoms with E-state index in [4.69, 9.17) is 5.73 Å². The van der Waals surface area contributed by atoms with Crippen LogP contribution in [0.2, 0.25) is 0 Å². The van der Waals surface area contributed by atoms with Gasteiger partial charge in [-0.25, -0.2) is 13.8 Å². The Kier molecular flexibility index (Phi) is 3.13. The molecule has 0 aliphatic heterocycles. The molecule has 0 aromatic carbocycles. The van der Waals surface area contributed by atoms with E-state index in [0.29, 0.717) is 11.9 Å². The molecule has 0 bridgehead atoms. The number of carbonyl (C=O) groups excluding carboxylic acids is 1. The molecular weight excluding hydrogens is 246 g/mol. The maximum atomic E-state index is 13.2. The van der Waals surface area contributed by atoms with Gasteiger partial charge in [0.25, 0.3) is 5.91 Å². The minimum atomic E-state index is -1.04. The van der Waals surface area contributed by atoms with Gasteiger partial charge < -0.3 is 11.1 Å². The van der Waals surface area contributed by atoms with Crippen LogP contribution in [0.25, 0.3) is 0 Å². The first-order valence-corrected chi connectivity index (χ1v) is 4.82. The number of rotatable bonds is 3. The first-order chi connectivity index (χ1) is 8.56.